The molecular formula is C23H24F2N2O3. The van der Waals surface area contributed by atoms with Gasteiger partial charge >= 0.3 is 0 Å². The molecule has 1 aliphatic rings. The number of ketones is 1. The zero-order valence-electron chi connectivity index (χ0n) is 16.9. The number of carbonyl (C=O) groups excluding carboxylic acids is 2. The van der Waals surface area contributed by atoms with Gasteiger partial charge in [-0.3, -0.25) is 9.59 Å². The molecule has 1 atom stereocenters. The lowest BCUT2D eigenvalue weighted by atomic mass is 9.95. The molecule has 2 aromatic rings. The van der Waals surface area contributed by atoms with Crippen LogP contribution in [-0.2, 0) is 9.59 Å². The second-order valence-corrected chi connectivity index (χ2v) is 7.05. The van der Waals surface area contributed by atoms with Crippen LogP contribution in [-0.4, -0.2) is 52.8 Å². The lowest BCUT2D eigenvalue weighted by Crippen LogP contribution is -2.38. The molecule has 1 amide bonds. The molecule has 7 heteroatoms. The van der Waals surface area contributed by atoms with Gasteiger partial charge in [-0.05, 0) is 43.4 Å². The highest BCUT2D eigenvalue weighted by Gasteiger charge is 2.46. The monoisotopic (exact) mass is 414 g/mol. The van der Waals surface area contributed by atoms with E-state index in [2.05, 4.69) is 4.90 Å². The minimum absolute atomic E-state index is 0.125. The molecule has 1 N–H and O–H groups in total. The van der Waals surface area contributed by atoms with Crippen molar-refractivity contribution in [1.29, 1.82) is 0 Å². The van der Waals surface area contributed by atoms with Crippen molar-refractivity contribution in [3.05, 3.63) is 76.9 Å². The number of hydrogen-bond acceptors (Lipinski definition) is 4. The van der Waals surface area contributed by atoms with Crippen molar-refractivity contribution < 1.29 is 23.5 Å². The molecule has 0 saturated carbocycles. The van der Waals surface area contributed by atoms with Gasteiger partial charge < -0.3 is 14.9 Å². The number of Topliss-reactive ketones (excluding diaryl/α,β-unsaturated/α-hetero) is 1. The van der Waals surface area contributed by atoms with Crippen LogP contribution in [0.25, 0.3) is 5.76 Å². The summed E-state index contributed by atoms with van der Waals surface area (Å²) in [4.78, 5) is 29.1. The summed E-state index contributed by atoms with van der Waals surface area (Å²) >= 11 is 0. The first-order chi connectivity index (χ1) is 14.4. The lowest BCUT2D eigenvalue weighted by molar-refractivity contribution is -0.140. The Morgan fingerprint density at radius 2 is 1.67 bits per heavy atom. The van der Waals surface area contributed by atoms with Crippen LogP contribution in [0.4, 0.5) is 8.78 Å². The van der Waals surface area contributed by atoms with Crippen LogP contribution in [0.2, 0.25) is 0 Å². The van der Waals surface area contributed by atoms with E-state index < -0.39 is 35.1 Å². The van der Waals surface area contributed by atoms with Gasteiger partial charge in [-0.2, -0.15) is 0 Å². The smallest absolute Gasteiger partial charge is 0.295 e. The number of amides is 1. The fraction of sp³-hybridized carbons (Fsp3) is 0.304. The zero-order valence-corrected chi connectivity index (χ0v) is 16.9. The molecule has 1 aliphatic heterocycles. The zero-order chi connectivity index (χ0) is 21.8. The number of rotatable bonds is 7. The number of halogens is 2. The Labute approximate surface area is 174 Å². The number of hydrogen-bond donors (Lipinski definition) is 1. The van der Waals surface area contributed by atoms with Crippen LogP contribution in [0, 0.1) is 11.6 Å². The number of likely N-dealkylation sites (N-methyl/N-ethyl adjacent to an activating group) is 1. The Kier molecular flexibility index (Phi) is 6.62. The van der Waals surface area contributed by atoms with E-state index in [0.29, 0.717) is 6.54 Å². The fourth-order valence-electron chi connectivity index (χ4n) is 3.68. The van der Waals surface area contributed by atoms with E-state index in [4.69, 9.17) is 0 Å². The first kappa shape index (κ1) is 21.6. The molecule has 1 unspecified atom stereocenters. The van der Waals surface area contributed by atoms with Crippen molar-refractivity contribution in [2.75, 3.05) is 26.2 Å². The van der Waals surface area contributed by atoms with Crippen molar-refractivity contribution in [2.24, 2.45) is 0 Å². The number of aliphatic hydroxyl groups is 1. The van der Waals surface area contributed by atoms with Gasteiger partial charge in [-0.25, -0.2) is 8.78 Å². The van der Waals surface area contributed by atoms with Crippen molar-refractivity contribution in [3.63, 3.8) is 0 Å². The third kappa shape index (κ3) is 4.11. The van der Waals surface area contributed by atoms with Gasteiger partial charge in [0.1, 0.15) is 17.4 Å². The number of carbonyl (C=O) groups is 2. The maximum atomic E-state index is 14.7. The largest absolute Gasteiger partial charge is 0.507 e. The Hall–Kier alpha value is -3.06. The average molecular weight is 414 g/mol. The summed E-state index contributed by atoms with van der Waals surface area (Å²) in [6.07, 6.45) is 0. The summed E-state index contributed by atoms with van der Waals surface area (Å²) in [5, 5.41) is 10.8. The average Bonchev–Trinajstić information content (AvgIpc) is 2.99. The van der Waals surface area contributed by atoms with E-state index in [0.717, 1.165) is 25.2 Å². The predicted octanol–water partition coefficient (Wildman–Crippen LogP) is 3.73. The van der Waals surface area contributed by atoms with Gasteiger partial charge in [-0.15, -0.1) is 0 Å². The van der Waals surface area contributed by atoms with Gasteiger partial charge in [0.25, 0.3) is 11.7 Å². The molecule has 30 heavy (non-hydrogen) atoms. The molecule has 2 aromatic carbocycles. The van der Waals surface area contributed by atoms with Crippen LogP contribution in [0.1, 0.15) is 31.0 Å². The quantitative estimate of drug-likeness (QED) is 0.426. The van der Waals surface area contributed by atoms with Gasteiger partial charge in [0.2, 0.25) is 0 Å². The first-order valence-electron chi connectivity index (χ1n) is 9.90. The highest BCUT2D eigenvalue weighted by atomic mass is 19.1. The van der Waals surface area contributed by atoms with Crippen molar-refractivity contribution in [3.8, 4) is 0 Å². The first-order valence-corrected chi connectivity index (χ1v) is 9.90. The highest BCUT2D eigenvalue weighted by Crippen LogP contribution is 2.40. The Morgan fingerprint density at radius 1 is 1.03 bits per heavy atom. The number of likely N-dealkylation sites (tertiary alicyclic amines) is 1. The molecule has 3 rings (SSSR count). The molecule has 0 spiro atoms. The normalized spacial score (nSPS) is 18.4. The van der Waals surface area contributed by atoms with Gasteiger partial charge in [0.05, 0.1) is 11.6 Å². The molecule has 5 nitrogen and oxygen atoms in total. The van der Waals surface area contributed by atoms with Crippen LogP contribution in [0.3, 0.4) is 0 Å². The molecule has 158 valence electrons. The molecular weight excluding hydrogens is 390 g/mol. The molecule has 0 aromatic heterocycles. The van der Waals surface area contributed by atoms with Crippen LogP contribution >= 0.6 is 0 Å². The summed E-state index contributed by atoms with van der Waals surface area (Å²) in [5.74, 6) is -3.21. The SMILES string of the molecule is CCN(CC)CCN1C(=O)C(=O)/C(=C(/O)c2ccc(F)cc2)C1c1ccccc1F. The van der Waals surface area contributed by atoms with E-state index in [-0.39, 0.29) is 23.2 Å². The minimum Gasteiger partial charge on any atom is -0.507 e. The van der Waals surface area contributed by atoms with Crippen LogP contribution in [0.5, 0.6) is 0 Å². The van der Waals surface area contributed by atoms with Gasteiger partial charge in [-0.1, -0.05) is 32.0 Å². The van der Waals surface area contributed by atoms with Crippen molar-refractivity contribution >= 4 is 17.4 Å². The number of benzene rings is 2. The van der Waals surface area contributed by atoms with E-state index >= 15 is 0 Å². The van der Waals surface area contributed by atoms with E-state index in [1.165, 1.54) is 35.2 Å². The summed E-state index contributed by atoms with van der Waals surface area (Å²) in [7, 11) is 0. The van der Waals surface area contributed by atoms with Gasteiger partial charge in [0, 0.05) is 24.2 Å². The van der Waals surface area contributed by atoms with Crippen LogP contribution in [0.15, 0.2) is 54.1 Å². The summed E-state index contributed by atoms with van der Waals surface area (Å²) in [6, 6.07) is 9.71. The molecule has 1 saturated heterocycles. The lowest BCUT2D eigenvalue weighted by Gasteiger charge is -2.28. The van der Waals surface area contributed by atoms with Crippen molar-refractivity contribution in [1.82, 2.24) is 9.80 Å². The maximum absolute atomic E-state index is 14.7. The molecule has 0 radical (unpaired) electrons. The van der Waals surface area contributed by atoms with E-state index in [1.54, 1.807) is 6.07 Å². The molecule has 1 heterocycles. The summed E-state index contributed by atoms with van der Waals surface area (Å²) in [6.45, 7) is 6.20. The summed E-state index contributed by atoms with van der Waals surface area (Å²) < 4.78 is 28.0. The molecule has 0 aliphatic carbocycles. The van der Waals surface area contributed by atoms with E-state index in [1.807, 2.05) is 13.8 Å². The predicted molar refractivity (Wildman–Crippen MR) is 110 cm³/mol. The molecule has 0 bridgehead atoms. The molecule has 1 fully saturated rings. The second kappa shape index (κ2) is 9.17. The fourth-order valence-corrected chi connectivity index (χ4v) is 3.68. The summed E-state index contributed by atoms with van der Waals surface area (Å²) in [5.41, 5.74) is 0.107. The van der Waals surface area contributed by atoms with Gasteiger partial charge in [0.15, 0.2) is 0 Å². The third-order valence-electron chi connectivity index (χ3n) is 5.41. The minimum atomic E-state index is -1.06. The third-order valence-corrected chi connectivity index (χ3v) is 5.41. The topological polar surface area (TPSA) is 60.9 Å². The second-order valence-electron chi connectivity index (χ2n) is 7.05. The number of nitrogens with zero attached hydrogens (tertiary/aromatic N) is 2. The highest BCUT2D eigenvalue weighted by molar-refractivity contribution is 6.46. The van der Waals surface area contributed by atoms with E-state index in [9.17, 15) is 23.5 Å². The Bertz CT molecular complexity index is 969. The van der Waals surface area contributed by atoms with Crippen molar-refractivity contribution in [2.45, 2.75) is 19.9 Å². The van der Waals surface area contributed by atoms with Crippen LogP contribution < -0.4 is 0 Å². The number of aliphatic hydroxyl groups excluding tert-OH is 1. The maximum Gasteiger partial charge on any atom is 0.295 e. The standard InChI is InChI=1S/C23H24F2N2O3/c1-3-26(4-2)13-14-27-20(17-7-5-6-8-18(17)25)19(22(29)23(27)30)21(28)15-9-11-16(24)12-10-15/h5-12,20,28H,3-4,13-14H2,1-2H3/b21-19+. The Morgan fingerprint density at radius 3 is 2.27 bits per heavy atom. The Balaban J connectivity index is 2.11.